The SMILES string of the molecule is CN1CC[C@@](O)(C#Cc2ccc(F)c(-n3nc(C(N)=O)c4c3COC4)c2)C1=O. The van der Waals surface area contributed by atoms with Crippen LogP contribution in [0.1, 0.15) is 33.7 Å². The fourth-order valence-electron chi connectivity index (χ4n) is 3.33. The minimum Gasteiger partial charge on any atom is -0.370 e. The Hall–Kier alpha value is -3.22. The summed E-state index contributed by atoms with van der Waals surface area (Å²) >= 11 is 0. The molecule has 3 N–H and O–H groups in total. The van der Waals surface area contributed by atoms with Gasteiger partial charge in [0.1, 0.15) is 11.5 Å². The van der Waals surface area contributed by atoms with Gasteiger partial charge in [-0.1, -0.05) is 11.8 Å². The molecule has 0 radical (unpaired) electrons. The second kappa shape index (κ2) is 6.44. The zero-order valence-electron chi connectivity index (χ0n) is 15.0. The lowest BCUT2D eigenvalue weighted by Crippen LogP contribution is -2.37. The van der Waals surface area contributed by atoms with Gasteiger partial charge in [0.2, 0.25) is 5.60 Å². The monoisotopic (exact) mass is 384 g/mol. The van der Waals surface area contributed by atoms with E-state index in [1.165, 1.54) is 27.8 Å². The number of primary amides is 1. The molecule has 2 aliphatic heterocycles. The molecule has 144 valence electrons. The molecule has 2 amide bonds. The molecule has 1 fully saturated rings. The Morgan fingerprint density at radius 1 is 1.43 bits per heavy atom. The highest BCUT2D eigenvalue weighted by molar-refractivity contribution is 5.92. The van der Waals surface area contributed by atoms with Crippen LogP contribution in [0, 0.1) is 17.7 Å². The van der Waals surface area contributed by atoms with Crippen LogP contribution in [0.15, 0.2) is 18.2 Å². The van der Waals surface area contributed by atoms with Gasteiger partial charge in [0, 0.05) is 31.1 Å². The number of carbonyl (C=O) groups is 2. The number of carbonyl (C=O) groups excluding carboxylic acids is 2. The number of aliphatic hydroxyl groups is 1. The van der Waals surface area contributed by atoms with E-state index >= 15 is 0 Å². The van der Waals surface area contributed by atoms with E-state index in [4.69, 9.17) is 10.5 Å². The maximum atomic E-state index is 14.5. The fourth-order valence-corrected chi connectivity index (χ4v) is 3.33. The molecule has 2 aromatic rings. The predicted molar refractivity (Wildman–Crippen MR) is 94.6 cm³/mol. The number of halogens is 1. The summed E-state index contributed by atoms with van der Waals surface area (Å²) in [6.45, 7) is 0.761. The Labute approximate surface area is 159 Å². The quantitative estimate of drug-likeness (QED) is 0.713. The van der Waals surface area contributed by atoms with Crippen LogP contribution in [0.25, 0.3) is 5.69 Å². The minimum absolute atomic E-state index is 0.0392. The number of fused-ring (bicyclic) bond motifs is 1. The van der Waals surface area contributed by atoms with E-state index in [-0.39, 0.29) is 31.0 Å². The largest absolute Gasteiger partial charge is 0.370 e. The van der Waals surface area contributed by atoms with Gasteiger partial charge in [-0.05, 0) is 18.2 Å². The molecular weight excluding hydrogens is 367 g/mol. The third kappa shape index (κ3) is 2.83. The predicted octanol–water partition coefficient (Wildman–Crippen LogP) is 0.0852. The van der Waals surface area contributed by atoms with Crippen LogP contribution in [0.3, 0.4) is 0 Å². The molecule has 28 heavy (non-hydrogen) atoms. The molecule has 0 unspecified atom stereocenters. The van der Waals surface area contributed by atoms with Gasteiger partial charge in [-0.2, -0.15) is 5.10 Å². The second-order valence-corrected chi connectivity index (χ2v) is 6.80. The van der Waals surface area contributed by atoms with Crippen LogP contribution in [0.2, 0.25) is 0 Å². The Kier molecular flexibility index (Phi) is 4.18. The first-order chi connectivity index (χ1) is 13.3. The van der Waals surface area contributed by atoms with Gasteiger partial charge in [-0.15, -0.1) is 0 Å². The van der Waals surface area contributed by atoms with Crippen molar-refractivity contribution in [2.24, 2.45) is 5.73 Å². The molecule has 2 aliphatic rings. The first-order valence-electron chi connectivity index (χ1n) is 8.59. The molecule has 0 spiro atoms. The van der Waals surface area contributed by atoms with Crippen molar-refractivity contribution in [2.45, 2.75) is 25.2 Å². The van der Waals surface area contributed by atoms with E-state index in [0.29, 0.717) is 23.4 Å². The van der Waals surface area contributed by atoms with Crippen molar-refractivity contribution >= 4 is 11.8 Å². The number of nitrogens with zero attached hydrogens (tertiary/aromatic N) is 3. The maximum absolute atomic E-state index is 14.5. The molecule has 3 heterocycles. The van der Waals surface area contributed by atoms with Crippen molar-refractivity contribution < 1.29 is 23.8 Å². The normalized spacial score (nSPS) is 20.8. The highest BCUT2D eigenvalue weighted by Gasteiger charge is 2.42. The highest BCUT2D eigenvalue weighted by Crippen LogP contribution is 2.27. The average molecular weight is 384 g/mol. The number of aromatic nitrogens is 2. The molecule has 8 nitrogen and oxygen atoms in total. The molecule has 1 aromatic heterocycles. The van der Waals surface area contributed by atoms with Gasteiger partial charge in [-0.3, -0.25) is 9.59 Å². The summed E-state index contributed by atoms with van der Waals surface area (Å²) < 4.78 is 21.1. The summed E-state index contributed by atoms with van der Waals surface area (Å²) in [5.74, 6) is 3.57. The molecule has 1 saturated heterocycles. The molecule has 0 aliphatic carbocycles. The molecule has 4 rings (SSSR count). The van der Waals surface area contributed by atoms with Gasteiger partial charge in [0.05, 0.1) is 18.9 Å². The number of amides is 2. The van der Waals surface area contributed by atoms with Crippen LogP contribution in [0.5, 0.6) is 0 Å². The van der Waals surface area contributed by atoms with Crippen LogP contribution < -0.4 is 5.73 Å². The highest BCUT2D eigenvalue weighted by atomic mass is 19.1. The van der Waals surface area contributed by atoms with Crippen molar-refractivity contribution in [3.05, 3.63) is 46.5 Å². The number of hydrogen-bond acceptors (Lipinski definition) is 5. The molecule has 0 saturated carbocycles. The van der Waals surface area contributed by atoms with Crippen LogP contribution >= 0.6 is 0 Å². The Morgan fingerprint density at radius 3 is 2.89 bits per heavy atom. The van der Waals surface area contributed by atoms with E-state index in [1.54, 1.807) is 7.05 Å². The number of hydrogen-bond donors (Lipinski definition) is 2. The van der Waals surface area contributed by atoms with E-state index in [0.717, 1.165) is 0 Å². The van der Waals surface area contributed by atoms with Gasteiger partial charge in [0.25, 0.3) is 11.8 Å². The summed E-state index contributed by atoms with van der Waals surface area (Å²) in [6, 6.07) is 4.08. The fraction of sp³-hybridized carbons (Fsp3) is 0.316. The maximum Gasteiger partial charge on any atom is 0.269 e. The number of rotatable bonds is 2. The summed E-state index contributed by atoms with van der Waals surface area (Å²) in [5.41, 5.74) is 5.19. The van der Waals surface area contributed by atoms with Gasteiger partial charge >= 0.3 is 0 Å². The van der Waals surface area contributed by atoms with Gasteiger partial charge in [0.15, 0.2) is 5.69 Å². The molecule has 0 bridgehead atoms. The Bertz CT molecular complexity index is 1070. The smallest absolute Gasteiger partial charge is 0.269 e. The third-order valence-electron chi connectivity index (χ3n) is 4.91. The van der Waals surface area contributed by atoms with Crippen molar-refractivity contribution in [3.63, 3.8) is 0 Å². The number of likely N-dealkylation sites (N-methyl/N-ethyl adjacent to an activating group) is 1. The van der Waals surface area contributed by atoms with Gasteiger partial charge < -0.3 is 20.5 Å². The molecule has 1 aromatic carbocycles. The standard InChI is InChI=1S/C19H17FN4O4/c1-23-7-6-19(27,18(23)26)5-4-11-2-3-13(20)14(8-11)24-15-10-28-9-12(15)16(22-24)17(21)25/h2-3,8,27H,6-7,9-10H2,1H3,(H2,21,25)/t19-/m0/s1. The lowest BCUT2D eigenvalue weighted by Gasteiger charge is -2.13. The molecular formula is C19H17FN4O4. The van der Waals surface area contributed by atoms with Gasteiger partial charge in [-0.25, -0.2) is 9.07 Å². The summed E-state index contributed by atoms with van der Waals surface area (Å²) in [7, 11) is 1.59. The first-order valence-corrected chi connectivity index (χ1v) is 8.59. The van der Waals surface area contributed by atoms with Crippen molar-refractivity contribution in [1.29, 1.82) is 0 Å². The van der Waals surface area contributed by atoms with E-state index in [2.05, 4.69) is 16.9 Å². The van der Waals surface area contributed by atoms with E-state index in [9.17, 15) is 19.1 Å². The molecule has 9 heteroatoms. The average Bonchev–Trinajstić information content (AvgIpc) is 3.33. The summed E-state index contributed by atoms with van der Waals surface area (Å²) in [4.78, 5) is 25.0. The lowest BCUT2D eigenvalue weighted by molar-refractivity contribution is -0.137. The third-order valence-corrected chi connectivity index (χ3v) is 4.91. The number of nitrogens with two attached hydrogens (primary N) is 1. The lowest BCUT2D eigenvalue weighted by atomic mass is 10.0. The Morgan fingerprint density at radius 2 is 2.21 bits per heavy atom. The summed E-state index contributed by atoms with van der Waals surface area (Å²) in [5, 5.41) is 14.5. The van der Waals surface area contributed by atoms with Crippen LogP contribution in [-0.4, -0.2) is 50.8 Å². The van der Waals surface area contributed by atoms with Crippen LogP contribution in [-0.2, 0) is 22.7 Å². The topological polar surface area (TPSA) is 111 Å². The molecule has 1 atom stereocenters. The van der Waals surface area contributed by atoms with Crippen molar-refractivity contribution in [3.8, 4) is 17.5 Å². The summed E-state index contributed by atoms with van der Waals surface area (Å²) in [6.07, 6.45) is 0.204. The second-order valence-electron chi connectivity index (χ2n) is 6.80. The first kappa shape index (κ1) is 18.2. The number of benzene rings is 1. The van der Waals surface area contributed by atoms with Crippen molar-refractivity contribution in [2.75, 3.05) is 13.6 Å². The van der Waals surface area contributed by atoms with E-state index < -0.39 is 23.2 Å². The van der Waals surface area contributed by atoms with Crippen LogP contribution in [0.4, 0.5) is 4.39 Å². The zero-order chi connectivity index (χ0) is 20.1. The Balaban J connectivity index is 1.75. The number of likely N-dealkylation sites (tertiary alicyclic amines) is 1. The van der Waals surface area contributed by atoms with Crippen molar-refractivity contribution in [1.82, 2.24) is 14.7 Å². The minimum atomic E-state index is -1.75. The zero-order valence-corrected chi connectivity index (χ0v) is 15.0. The number of ether oxygens (including phenoxy) is 1. The van der Waals surface area contributed by atoms with E-state index in [1.807, 2.05) is 0 Å².